The van der Waals surface area contributed by atoms with Gasteiger partial charge < -0.3 is 30.3 Å². The molecule has 1 heterocycles. The van der Waals surface area contributed by atoms with Crippen LogP contribution in [0.3, 0.4) is 0 Å². The van der Waals surface area contributed by atoms with E-state index in [1.54, 1.807) is 19.0 Å². The van der Waals surface area contributed by atoms with Crippen molar-refractivity contribution in [2.45, 2.75) is 12.6 Å². The zero-order valence-corrected chi connectivity index (χ0v) is 20.7. The number of amides is 1. The van der Waals surface area contributed by atoms with Crippen LogP contribution in [0.25, 0.3) is 0 Å². The second-order valence-corrected chi connectivity index (χ2v) is 8.63. The van der Waals surface area contributed by atoms with Gasteiger partial charge in [0.05, 0.1) is 29.0 Å². The fourth-order valence-electron chi connectivity index (χ4n) is 3.37. The molecule has 1 aliphatic rings. The van der Waals surface area contributed by atoms with E-state index < -0.39 is 17.8 Å². The number of hydrogen-bond acceptors (Lipinski definition) is 7. The van der Waals surface area contributed by atoms with Crippen molar-refractivity contribution in [2.75, 3.05) is 45.2 Å². The van der Waals surface area contributed by atoms with E-state index in [0.717, 1.165) is 13.1 Å². The standard InChI is InChI=1S/C21H25Cl2N3O3.C2H2O4/c1-25(2)19-17(22)10-16(20(27)18(19)23)21(28)24-11-15-13-26(8-9-29-15)12-14-6-4-3-5-7-14;3-1(4)2(5)6/h3-7,10,15,27H,8-9,11-13H2,1-2H3,(H,24,28);(H,3,4)(H,5,6). The zero-order valence-electron chi connectivity index (χ0n) is 19.2. The van der Waals surface area contributed by atoms with Crippen LogP contribution in [0.15, 0.2) is 36.4 Å². The fourth-order valence-corrected chi connectivity index (χ4v) is 4.17. The second kappa shape index (κ2) is 13.1. The summed E-state index contributed by atoms with van der Waals surface area (Å²) in [4.78, 5) is 34.8. The number of ether oxygens (including phenoxy) is 1. The number of carboxylic acids is 2. The Balaban J connectivity index is 0.000000641. The van der Waals surface area contributed by atoms with E-state index in [9.17, 15) is 9.90 Å². The van der Waals surface area contributed by atoms with Crippen molar-refractivity contribution in [2.24, 2.45) is 0 Å². The quantitative estimate of drug-likeness (QED) is 0.417. The van der Waals surface area contributed by atoms with Gasteiger partial charge in [0.15, 0.2) is 0 Å². The first-order valence-electron chi connectivity index (χ1n) is 10.5. The van der Waals surface area contributed by atoms with Crippen LogP contribution >= 0.6 is 23.2 Å². The lowest BCUT2D eigenvalue weighted by molar-refractivity contribution is -0.159. The van der Waals surface area contributed by atoms with E-state index in [4.69, 9.17) is 47.7 Å². The number of carbonyl (C=O) groups is 3. The van der Waals surface area contributed by atoms with Crippen LogP contribution in [-0.2, 0) is 20.9 Å². The van der Waals surface area contributed by atoms with Gasteiger partial charge in [-0.2, -0.15) is 0 Å². The Labute approximate surface area is 212 Å². The number of hydrogen-bond donors (Lipinski definition) is 4. The first-order chi connectivity index (χ1) is 16.5. The van der Waals surface area contributed by atoms with Crippen molar-refractivity contribution in [1.82, 2.24) is 10.2 Å². The van der Waals surface area contributed by atoms with E-state index in [-0.39, 0.29) is 22.4 Å². The first-order valence-corrected chi connectivity index (χ1v) is 11.3. The SMILES string of the molecule is CN(C)c1c(Cl)cc(C(=O)NCC2CN(Cc3ccccc3)CCO2)c(O)c1Cl.O=C(O)C(=O)O. The molecule has 1 atom stereocenters. The lowest BCUT2D eigenvalue weighted by Gasteiger charge is -2.33. The molecule has 0 aliphatic carbocycles. The van der Waals surface area contributed by atoms with Crippen molar-refractivity contribution < 1.29 is 34.4 Å². The van der Waals surface area contributed by atoms with Crippen LogP contribution < -0.4 is 10.2 Å². The maximum Gasteiger partial charge on any atom is 0.414 e. The number of nitrogens with one attached hydrogen (secondary N) is 1. The summed E-state index contributed by atoms with van der Waals surface area (Å²) in [5, 5.41) is 28.3. The number of carbonyl (C=O) groups excluding carboxylic acids is 1. The smallest absolute Gasteiger partial charge is 0.414 e. The lowest BCUT2D eigenvalue weighted by atomic mass is 10.1. The monoisotopic (exact) mass is 527 g/mol. The summed E-state index contributed by atoms with van der Waals surface area (Å²) in [6, 6.07) is 11.7. The van der Waals surface area contributed by atoms with Crippen LogP contribution in [0.5, 0.6) is 5.75 Å². The number of anilines is 1. The Kier molecular flexibility index (Phi) is 10.6. The highest BCUT2D eigenvalue weighted by Gasteiger charge is 2.24. The Morgan fingerprint density at radius 1 is 1.14 bits per heavy atom. The molecular weight excluding hydrogens is 501 g/mol. The number of phenolic OH excluding ortho intramolecular Hbond substituents is 1. The van der Waals surface area contributed by atoms with Gasteiger partial charge in [0, 0.05) is 40.3 Å². The molecule has 0 spiro atoms. The first kappa shape index (κ1) is 28.2. The van der Waals surface area contributed by atoms with E-state index in [1.807, 2.05) is 18.2 Å². The number of benzene rings is 2. The third-order valence-corrected chi connectivity index (χ3v) is 5.65. The van der Waals surface area contributed by atoms with Crippen molar-refractivity contribution in [3.05, 3.63) is 57.6 Å². The summed E-state index contributed by atoms with van der Waals surface area (Å²) in [6.07, 6.45) is -0.134. The fraction of sp³-hybridized carbons (Fsp3) is 0.348. The minimum atomic E-state index is -1.82. The number of rotatable bonds is 6. The Bertz CT molecular complexity index is 1040. The molecule has 1 unspecified atom stereocenters. The van der Waals surface area contributed by atoms with Gasteiger partial charge in [0.2, 0.25) is 0 Å². The maximum atomic E-state index is 12.6. The Morgan fingerprint density at radius 2 is 1.77 bits per heavy atom. The van der Waals surface area contributed by atoms with Crippen molar-refractivity contribution >= 4 is 46.7 Å². The molecule has 190 valence electrons. The van der Waals surface area contributed by atoms with Crippen LogP contribution in [-0.4, -0.2) is 84.5 Å². The topological polar surface area (TPSA) is 140 Å². The molecule has 0 bridgehead atoms. The lowest BCUT2D eigenvalue weighted by Crippen LogP contribution is -2.47. The van der Waals surface area contributed by atoms with Gasteiger partial charge in [0.25, 0.3) is 5.91 Å². The maximum absolute atomic E-state index is 12.6. The van der Waals surface area contributed by atoms with Crippen LogP contribution in [0.2, 0.25) is 10.0 Å². The second-order valence-electron chi connectivity index (χ2n) is 7.85. The number of aliphatic carboxylic acids is 2. The predicted octanol–water partition coefficient (Wildman–Crippen LogP) is 2.55. The highest BCUT2D eigenvalue weighted by Crippen LogP contribution is 2.41. The zero-order chi connectivity index (χ0) is 26.1. The summed E-state index contributed by atoms with van der Waals surface area (Å²) in [5.74, 6) is -4.38. The molecule has 35 heavy (non-hydrogen) atoms. The summed E-state index contributed by atoms with van der Waals surface area (Å²) >= 11 is 12.4. The third kappa shape index (κ3) is 8.29. The molecule has 12 heteroatoms. The highest BCUT2D eigenvalue weighted by molar-refractivity contribution is 6.40. The van der Waals surface area contributed by atoms with Crippen LogP contribution in [0.4, 0.5) is 5.69 Å². The normalized spacial score (nSPS) is 15.5. The molecule has 1 aliphatic heterocycles. The average molecular weight is 528 g/mol. The number of nitrogens with zero attached hydrogens (tertiary/aromatic N) is 2. The number of halogens is 2. The molecule has 1 amide bonds. The minimum absolute atomic E-state index is 0.0440. The Morgan fingerprint density at radius 3 is 2.34 bits per heavy atom. The summed E-state index contributed by atoms with van der Waals surface area (Å²) < 4.78 is 5.78. The van der Waals surface area contributed by atoms with E-state index in [2.05, 4.69) is 22.3 Å². The van der Waals surface area contributed by atoms with Gasteiger partial charge in [0.1, 0.15) is 10.8 Å². The summed E-state index contributed by atoms with van der Waals surface area (Å²) in [5.41, 5.74) is 1.75. The van der Waals surface area contributed by atoms with Gasteiger partial charge in [-0.3, -0.25) is 9.69 Å². The van der Waals surface area contributed by atoms with Gasteiger partial charge >= 0.3 is 11.9 Å². The van der Waals surface area contributed by atoms with Crippen molar-refractivity contribution in [1.29, 1.82) is 0 Å². The molecule has 0 radical (unpaired) electrons. The highest BCUT2D eigenvalue weighted by atomic mass is 35.5. The number of morpholine rings is 1. The van der Waals surface area contributed by atoms with E-state index in [1.165, 1.54) is 11.6 Å². The molecule has 2 aromatic carbocycles. The minimum Gasteiger partial charge on any atom is -0.505 e. The molecule has 0 saturated carbocycles. The van der Waals surface area contributed by atoms with Gasteiger partial charge in [-0.05, 0) is 11.6 Å². The van der Waals surface area contributed by atoms with Crippen LogP contribution in [0, 0.1) is 0 Å². The number of carboxylic acid groups (broad SMARTS) is 2. The predicted molar refractivity (Wildman–Crippen MR) is 132 cm³/mol. The van der Waals surface area contributed by atoms with Gasteiger partial charge in [-0.1, -0.05) is 53.5 Å². The molecule has 4 N–H and O–H groups in total. The van der Waals surface area contributed by atoms with E-state index >= 15 is 0 Å². The third-order valence-electron chi connectivity index (χ3n) is 5.01. The van der Waals surface area contributed by atoms with E-state index in [0.29, 0.717) is 30.4 Å². The number of aromatic hydroxyl groups is 1. The molecule has 2 aromatic rings. The van der Waals surface area contributed by atoms with Crippen molar-refractivity contribution in [3.8, 4) is 5.75 Å². The summed E-state index contributed by atoms with van der Waals surface area (Å²) in [6.45, 7) is 3.33. The largest absolute Gasteiger partial charge is 0.505 e. The molecule has 0 aromatic heterocycles. The number of phenols is 1. The molecule has 3 rings (SSSR count). The van der Waals surface area contributed by atoms with Crippen LogP contribution in [0.1, 0.15) is 15.9 Å². The summed E-state index contributed by atoms with van der Waals surface area (Å²) in [7, 11) is 3.52. The van der Waals surface area contributed by atoms with Crippen molar-refractivity contribution in [3.63, 3.8) is 0 Å². The molecular formula is C23H27Cl2N3O7. The molecule has 1 fully saturated rings. The molecule has 1 saturated heterocycles. The molecule has 10 nitrogen and oxygen atoms in total. The average Bonchev–Trinajstić information content (AvgIpc) is 2.81. The Hall–Kier alpha value is -3.05. The van der Waals surface area contributed by atoms with Gasteiger partial charge in [-0.25, -0.2) is 9.59 Å². The van der Waals surface area contributed by atoms with Gasteiger partial charge in [-0.15, -0.1) is 0 Å².